The van der Waals surface area contributed by atoms with Crippen LogP contribution in [0.3, 0.4) is 0 Å². The number of carbonyl (C=O) groups is 1. The molecule has 0 aromatic heterocycles. The van der Waals surface area contributed by atoms with Gasteiger partial charge in [-0.2, -0.15) is 0 Å². The van der Waals surface area contributed by atoms with Crippen molar-refractivity contribution in [1.29, 1.82) is 0 Å². The lowest BCUT2D eigenvalue weighted by Crippen LogP contribution is -2.31. The van der Waals surface area contributed by atoms with Crippen LogP contribution in [-0.2, 0) is 13.1 Å². The van der Waals surface area contributed by atoms with E-state index in [4.69, 9.17) is 9.47 Å². The van der Waals surface area contributed by atoms with Crippen LogP contribution in [0.25, 0.3) is 6.08 Å². The number of benzene rings is 3. The predicted molar refractivity (Wildman–Crippen MR) is 119 cm³/mol. The van der Waals surface area contributed by atoms with Crippen molar-refractivity contribution in [2.24, 2.45) is 0 Å². The maximum absolute atomic E-state index is 12.9. The quantitative estimate of drug-likeness (QED) is 0.467. The Kier molecular flexibility index (Phi) is 4.93. The molecule has 2 heterocycles. The molecule has 150 valence electrons. The number of nitrogens with zero attached hydrogens (tertiary/aromatic N) is 1. The van der Waals surface area contributed by atoms with Gasteiger partial charge in [-0.1, -0.05) is 64.0 Å². The molecule has 30 heavy (non-hydrogen) atoms. The van der Waals surface area contributed by atoms with E-state index >= 15 is 0 Å². The molecule has 0 atom stereocenters. The highest BCUT2D eigenvalue weighted by Crippen LogP contribution is 2.42. The number of hydrogen-bond donors (Lipinski definition) is 0. The van der Waals surface area contributed by atoms with Crippen LogP contribution in [0.5, 0.6) is 11.5 Å². The molecular formula is C25H20BrNO3. The van der Waals surface area contributed by atoms with Gasteiger partial charge in [0, 0.05) is 17.6 Å². The minimum Gasteiger partial charge on any atom is -0.478 e. The molecule has 0 bridgehead atoms. The maximum atomic E-state index is 12.9. The Morgan fingerprint density at radius 1 is 1.07 bits per heavy atom. The van der Waals surface area contributed by atoms with Crippen LogP contribution >= 0.6 is 15.9 Å². The molecule has 0 fully saturated rings. The Labute approximate surface area is 183 Å². The Bertz CT molecular complexity index is 1170. The molecule has 2 aliphatic rings. The second-order valence-electron chi connectivity index (χ2n) is 7.63. The fraction of sp³-hybridized carbons (Fsp3) is 0.160. The van der Waals surface area contributed by atoms with Gasteiger partial charge in [-0.05, 0) is 42.3 Å². The maximum Gasteiger partial charge on any atom is 0.231 e. The zero-order chi connectivity index (χ0) is 20.7. The predicted octanol–water partition coefficient (Wildman–Crippen LogP) is 5.73. The summed E-state index contributed by atoms with van der Waals surface area (Å²) in [6, 6.07) is 19.9. The number of ether oxygens (including phenoxy) is 2. The van der Waals surface area contributed by atoms with E-state index in [1.807, 2.05) is 30.3 Å². The summed E-state index contributed by atoms with van der Waals surface area (Å²) in [6.07, 6.45) is 1.78. The molecule has 0 spiro atoms. The average Bonchev–Trinajstić information content (AvgIpc) is 3.07. The SMILES string of the molecule is Cc1ccc(CN2COc3ccc4c(c3C2)O/C(=C\c2ccccc2Br)C4=O)cc1. The second-order valence-corrected chi connectivity index (χ2v) is 8.48. The lowest BCUT2D eigenvalue weighted by molar-refractivity contribution is 0.0873. The monoisotopic (exact) mass is 461 g/mol. The molecule has 3 aromatic rings. The van der Waals surface area contributed by atoms with Crippen LogP contribution in [-0.4, -0.2) is 17.4 Å². The number of fused-ring (bicyclic) bond motifs is 3. The summed E-state index contributed by atoms with van der Waals surface area (Å²) in [5.41, 5.74) is 4.89. The minimum atomic E-state index is -0.0980. The summed E-state index contributed by atoms with van der Waals surface area (Å²) >= 11 is 3.52. The molecule has 0 radical (unpaired) electrons. The van der Waals surface area contributed by atoms with Crippen molar-refractivity contribution in [3.8, 4) is 11.5 Å². The van der Waals surface area contributed by atoms with E-state index in [9.17, 15) is 4.79 Å². The van der Waals surface area contributed by atoms with Crippen LogP contribution in [0.15, 0.2) is 70.9 Å². The van der Waals surface area contributed by atoms with Gasteiger partial charge in [0.05, 0.1) is 11.1 Å². The van der Waals surface area contributed by atoms with Crippen molar-refractivity contribution in [3.63, 3.8) is 0 Å². The van der Waals surface area contributed by atoms with Crippen LogP contribution in [0.4, 0.5) is 0 Å². The zero-order valence-corrected chi connectivity index (χ0v) is 18.1. The van der Waals surface area contributed by atoms with Crippen molar-refractivity contribution in [1.82, 2.24) is 4.90 Å². The van der Waals surface area contributed by atoms with E-state index in [0.29, 0.717) is 30.3 Å². The number of Topliss-reactive ketones (excluding diaryl/α,β-unsaturated/α-hetero) is 1. The van der Waals surface area contributed by atoms with Crippen molar-refractivity contribution in [2.45, 2.75) is 20.0 Å². The van der Waals surface area contributed by atoms with E-state index < -0.39 is 0 Å². The van der Waals surface area contributed by atoms with Gasteiger partial charge in [0.2, 0.25) is 5.78 Å². The number of allylic oxidation sites excluding steroid dienone is 1. The van der Waals surface area contributed by atoms with Crippen molar-refractivity contribution >= 4 is 27.8 Å². The summed E-state index contributed by atoms with van der Waals surface area (Å²) in [5.74, 6) is 1.63. The Balaban J connectivity index is 1.43. The highest BCUT2D eigenvalue weighted by molar-refractivity contribution is 9.10. The van der Waals surface area contributed by atoms with Crippen molar-refractivity contribution in [3.05, 3.63) is 98.7 Å². The third kappa shape index (κ3) is 3.55. The topological polar surface area (TPSA) is 38.8 Å². The van der Waals surface area contributed by atoms with E-state index in [1.54, 1.807) is 12.1 Å². The smallest absolute Gasteiger partial charge is 0.231 e. The Morgan fingerprint density at radius 3 is 2.67 bits per heavy atom. The fourth-order valence-electron chi connectivity index (χ4n) is 3.79. The summed E-state index contributed by atoms with van der Waals surface area (Å²) in [5, 5.41) is 0. The van der Waals surface area contributed by atoms with E-state index in [2.05, 4.69) is 52.0 Å². The fourth-order valence-corrected chi connectivity index (χ4v) is 4.19. The molecule has 0 aliphatic carbocycles. The van der Waals surface area contributed by atoms with Gasteiger partial charge in [-0.15, -0.1) is 0 Å². The zero-order valence-electron chi connectivity index (χ0n) is 16.5. The van der Waals surface area contributed by atoms with Crippen LogP contribution in [0.1, 0.15) is 32.6 Å². The number of carbonyl (C=O) groups excluding carboxylic acids is 1. The first kappa shape index (κ1) is 19.1. The third-order valence-corrected chi connectivity index (χ3v) is 6.12. The normalized spacial score (nSPS) is 16.7. The first-order chi connectivity index (χ1) is 14.6. The third-order valence-electron chi connectivity index (χ3n) is 5.40. The van der Waals surface area contributed by atoms with Crippen molar-refractivity contribution < 1.29 is 14.3 Å². The minimum absolute atomic E-state index is 0.0980. The van der Waals surface area contributed by atoms with Gasteiger partial charge >= 0.3 is 0 Å². The molecule has 0 N–H and O–H groups in total. The van der Waals surface area contributed by atoms with E-state index in [0.717, 1.165) is 27.9 Å². The van der Waals surface area contributed by atoms with E-state index in [1.165, 1.54) is 11.1 Å². The lowest BCUT2D eigenvalue weighted by Gasteiger charge is -2.29. The number of aryl methyl sites for hydroxylation is 1. The first-order valence-electron chi connectivity index (χ1n) is 9.84. The molecular weight excluding hydrogens is 442 g/mol. The van der Waals surface area contributed by atoms with E-state index in [-0.39, 0.29) is 5.78 Å². The summed E-state index contributed by atoms with van der Waals surface area (Å²) in [4.78, 5) is 15.1. The lowest BCUT2D eigenvalue weighted by atomic mass is 10.0. The molecule has 5 rings (SSSR count). The Morgan fingerprint density at radius 2 is 1.87 bits per heavy atom. The number of rotatable bonds is 3. The highest BCUT2D eigenvalue weighted by Gasteiger charge is 2.33. The Hall–Kier alpha value is -2.89. The van der Waals surface area contributed by atoms with Gasteiger partial charge in [0.25, 0.3) is 0 Å². The highest BCUT2D eigenvalue weighted by atomic mass is 79.9. The molecule has 2 aliphatic heterocycles. The van der Waals surface area contributed by atoms with Gasteiger partial charge in [0.1, 0.15) is 18.2 Å². The first-order valence-corrected chi connectivity index (χ1v) is 10.6. The molecule has 0 saturated heterocycles. The summed E-state index contributed by atoms with van der Waals surface area (Å²) in [7, 11) is 0. The van der Waals surface area contributed by atoms with Gasteiger partial charge < -0.3 is 9.47 Å². The summed E-state index contributed by atoms with van der Waals surface area (Å²) < 4.78 is 13.0. The largest absolute Gasteiger partial charge is 0.478 e. The molecule has 3 aromatic carbocycles. The van der Waals surface area contributed by atoms with Gasteiger partial charge in [-0.25, -0.2) is 0 Å². The molecule has 0 saturated carbocycles. The van der Waals surface area contributed by atoms with Gasteiger partial charge in [0.15, 0.2) is 5.76 Å². The second kappa shape index (κ2) is 7.74. The van der Waals surface area contributed by atoms with Crippen LogP contribution < -0.4 is 9.47 Å². The molecule has 5 heteroatoms. The molecule has 0 unspecified atom stereocenters. The number of hydrogen-bond acceptors (Lipinski definition) is 4. The molecule has 4 nitrogen and oxygen atoms in total. The van der Waals surface area contributed by atoms with Crippen LogP contribution in [0, 0.1) is 6.92 Å². The van der Waals surface area contributed by atoms with Crippen LogP contribution in [0.2, 0.25) is 0 Å². The van der Waals surface area contributed by atoms with Crippen molar-refractivity contribution in [2.75, 3.05) is 6.73 Å². The standard InChI is InChI=1S/C25H20BrNO3/c1-16-6-8-17(9-7-16)13-27-14-20-22(29-15-27)11-10-19-24(28)23(30-25(19)20)12-18-4-2-3-5-21(18)26/h2-12H,13-15H2,1H3/b23-12-. The summed E-state index contributed by atoms with van der Waals surface area (Å²) in [6.45, 7) is 4.03. The number of ketones is 1. The average molecular weight is 462 g/mol. The van der Waals surface area contributed by atoms with Gasteiger partial charge in [-0.3, -0.25) is 9.69 Å². The molecule has 0 amide bonds. The number of halogens is 1.